The van der Waals surface area contributed by atoms with E-state index in [0.29, 0.717) is 78.9 Å². The Morgan fingerprint density at radius 1 is 0.930 bits per heavy atom. The first-order valence-electron chi connectivity index (χ1n) is 13.7. The molecule has 0 unspecified atom stereocenters. The number of benzene rings is 2. The van der Waals surface area contributed by atoms with Crippen molar-refractivity contribution in [3.63, 3.8) is 0 Å². The minimum Gasteiger partial charge on any atom is -0.493 e. The molecule has 1 fully saturated rings. The van der Waals surface area contributed by atoms with Crippen LogP contribution in [0.5, 0.6) is 17.2 Å². The molecule has 14 heteroatoms. The van der Waals surface area contributed by atoms with E-state index in [-0.39, 0.29) is 23.8 Å². The van der Waals surface area contributed by atoms with Crippen molar-refractivity contribution in [3.8, 4) is 17.2 Å². The summed E-state index contributed by atoms with van der Waals surface area (Å²) in [4.78, 5) is 27.9. The Labute approximate surface area is 250 Å². The van der Waals surface area contributed by atoms with Crippen molar-refractivity contribution in [1.29, 1.82) is 0 Å². The Balaban J connectivity index is 1.44. The van der Waals surface area contributed by atoms with Crippen molar-refractivity contribution in [1.82, 2.24) is 19.3 Å². The minimum atomic E-state index is -3.75. The number of nitrogens with zero attached hydrogens (tertiary/aromatic N) is 5. The molecule has 2 aliphatic heterocycles. The summed E-state index contributed by atoms with van der Waals surface area (Å²) in [6.07, 6.45) is 2.23. The van der Waals surface area contributed by atoms with Gasteiger partial charge in [-0.15, -0.1) is 0 Å². The summed E-state index contributed by atoms with van der Waals surface area (Å²) in [6, 6.07) is 9.50. The Kier molecular flexibility index (Phi) is 9.08. The lowest BCUT2D eigenvalue weighted by Crippen LogP contribution is -2.38. The first kappa shape index (κ1) is 30.2. The number of methoxy groups -OCH3 is 3. The number of rotatable bonds is 10. The van der Waals surface area contributed by atoms with Crippen LogP contribution in [0.2, 0.25) is 0 Å². The molecule has 0 atom stereocenters. The van der Waals surface area contributed by atoms with Crippen molar-refractivity contribution < 1.29 is 32.2 Å². The predicted octanol–water partition coefficient (Wildman–Crippen LogP) is 3.16. The maximum absolute atomic E-state index is 13.3. The van der Waals surface area contributed by atoms with Crippen LogP contribution >= 0.6 is 0 Å². The number of aromatic nitrogens is 3. The van der Waals surface area contributed by atoms with Gasteiger partial charge < -0.3 is 29.2 Å². The lowest BCUT2D eigenvalue weighted by Gasteiger charge is -2.28. The first-order valence-corrected chi connectivity index (χ1v) is 15.1. The van der Waals surface area contributed by atoms with Gasteiger partial charge in [-0.1, -0.05) is 18.2 Å². The average Bonchev–Trinajstić information content (AvgIpc) is 3.04. The van der Waals surface area contributed by atoms with Crippen molar-refractivity contribution in [3.05, 3.63) is 53.9 Å². The maximum atomic E-state index is 13.3. The molecule has 3 heterocycles. The highest BCUT2D eigenvalue weighted by Gasteiger charge is 2.28. The molecule has 1 N–H and O–H groups in total. The van der Waals surface area contributed by atoms with E-state index in [0.717, 1.165) is 5.57 Å². The van der Waals surface area contributed by atoms with Gasteiger partial charge >= 0.3 is 0 Å². The highest BCUT2D eigenvalue weighted by molar-refractivity contribution is 7.89. The van der Waals surface area contributed by atoms with E-state index in [1.165, 1.54) is 42.6 Å². The second-order valence-corrected chi connectivity index (χ2v) is 11.8. The topological polar surface area (TPSA) is 145 Å². The van der Waals surface area contributed by atoms with Gasteiger partial charge in [-0.3, -0.25) is 4.79 Å². The molecule has 5 rings (SSSR count). The molecule has 1 saturated heterocycles. The molecule has 43 heavy (non-hydrogen) atoms. The summed E-state index contributed by atoms with van der Waals surface area (Å²) in [5.74, 6) is 2.53. The molecule has 0 spiro atoms. The number of carbonyl (C=O) groups is 1. The predicted molar refractivity (Wildman–Crippen MR) is 160 cm³/mol. The van der Waals surface area contributed by atoms with Gasteiger partial charge in [-0.2, -0.15) is 19.3 Å². The summed E-state index contributed by atoms with van der Waals surface area (Å²) >= 11 is 0. The summed E-state index contributed by atoms with van der Waals surface area (Å²) in [6.45, 7) is 4.20. The fourth-order valence-electron chi connectivity index (χ4n) is 4.83. The van der Waals surface area contributed by atoms with E-state index >= 15 is 0 Å². The zero-order valence-electron chi connectivity index (χ0n) is 24.5. The number of sulfonamides is 1. The number of hydrogen-bond donors (Lipinski definition) is 1. The van der Waals surface area contributed by atoms with Gasteiger partial charge in [-0.05, 0) is 31.1 Å². The van der Waals surface area contributed by atoms with Crippen LogP contribution in [0.15, 0.2) is 47.4 Å². The van der Waals surface area contributed by atoms with E-state index in [1.54, 1.807) is 26.4 Å². The van der Waals surface area contributed by atoms with Gasteiger partial charge in [-0.25, -0.2) is 8.42 Å². The number of Topliss-reactive ketones (excluding diaryl/α,β-unsaturated/α-hetero) is 1. The second kappa shape index (κ2) is 12.9. The molecule has 0 aliphatic carbocycles. The molecule has 0 saturated carbocycles. The van der Waals surface area contributed by atoms with Crippen LogP contribution in [0.4, 0.5) is 17.6 Å². The van der Waals surface area contributed by atoms with Gasteiger partial charge in [0.15, 0.2) is 23.1 Å². The number of ether oxygens (including phenoxy) is 4. The molecule has 3 aromatic rings. The van der Waals surface area contributed by atoms with Crippen molar-refractivity contribution in [2.75, 3.05) is 70.9 Å². The van der Waals surface area contributed by atoms with E-state index in [2.05, 4.69) is 10.3 Å². The van der Waals surface area contributed by atoms with Gasteiger partial charge in [0.1, 0.15) is 0 Å². The van der Waals surface area contributed by atoms with Crippen molar-refractivity contribution >= 4 is 39.0 Å². The standard InChI is InChI=1S/C29H34N6O7S/c1-19(36)20-5-7-23(8-6-20)43(37,38)35-11-9-21(10-12-35)27-31-28(33-29(32-27)34-13-15-42-16-14-34)30-22-17-24(39-2)26(41-4)25(18-22)40-3/h5-9,17-18H,10-16H2,1-4H3,(H,30,31,32,33). The summed E-state index contributed by atoms with van der Waals surface area (Å²) in [5, 5.41) is 3.24. The Morgan fingerprint density at radius 2 is 1.60 bits per heavy atom. The quantitative estimate of drug-likeness (QED) is 0.337. The van der Waals surface area contributed by atoms with Gasteiger partial charge in [0, 0.05) is 49.6 Å². The molecule has 228 valence electrons. The van der Waals surface area contributed by atoms with Crippen LogP contribution in [0.1, 0.15) is 29.5 Å². The molecular formula is C29H34N6O7S. The summed E-state index contributed by atoms with van der Waals surface area (Å²) < 4.78 is 49.9. The van der Waals surface area contributed by atoms with Crippen LogP contribution in [0, 0.1) is 0 Å². The van der Waals surface area contributed by atoms with Gasteiger partial charge in [0.25, 0.3) is 0 Å². The largest absolute Gasteiger partial charge is 0.493 e. The normalized spacial score (nSPS) is 15.9. The van der Waals surface area contributed by atoms with Crippen LogP contribution in [-0.4, -0.2) is 94.2 Å². The van der Waals surface area contributed by atoms with E-state index in [4.69, 9.17) is 28.9 Å². The molecular weight excluding hydrogens is 576 g/mol. The number of carbonyl (C=O) groups excluding carboxylic acids is 1. The fourth-order valence-corrected chi connectivity index (χ4v) is 6.21. The first-order chi connectivity index (χ1) is 20.7. The SMILES string of the molecule is COc1cc(Nc2nc(C3=CCN(S(=O)(=O)c4ccc(C(C)=O)cc4)CC3)nc(N3CCOCC3)n2)cc(OC)c1OC. The Bertz CT molecular complexity index is 1600. The number of ketones is 1. The highest BCUT2D eigenvalue weighted by Crippen LogP contribution is 2.40. The molecule has 2 aliphatic rings. The monoisotopic (exact) mass is 610 g/mol. The zero-order chi connectivity index (χ0) is 30.6. The third-order valence-corrected chi connectivity index (χ3v) is 9.08. The number of anilines is 3. The van der Waals surface area contributed by atoms with Crippen molar-refractivity contribution in [2.24, 2.45) is 0 Å². The zero-order valence-corrected chi connectivity index (χ0v) is 25.3. The smallest absolute Gasteiger partial charge is 0.243 e. The van der Waals surface area contributed by atoms with Crippen LogP contribution in [0.3, 0.4) is 0 Å². The summed E-state index contributed by atoms with van der Waals surface area (Å²) in [5.41, 5.74) is 1.88. The van der Waals surface area contributed by atoms with E-state index in [9.17, 15) is 13.2 Å². The van der Waals surface area contributed by atoms with Gasteiger partial charge in [0.2, 0.25) is 27.7 Å². The molecule has 2 aromatic carbocycles. The highest BCUT2D eigenvalue weighted by atomic mass is 32.2. The third kappa shape index (κ3) is 6.55. The van der Waals surface area contributed by atoms with Crippen LogP contribution < -0.4 is 24.4 Å². The minimum absolute atomic E-state index is 0.123. The molecule has 0 amide bonds. The van der Waals surface area contributed by atoms with Crippen LogP contribution in [-0.2, 0) is 14.8 Å². The molecule has 13 nitrogen and oxygen atoms in total. The molecule has 1 aromatic heterocycles. The Morgan fingerprint density at radius 3 is 2.16 bits per heavy atom. The van der Waals surface area contributed by atoms with Crippen LogP contribution in [0.25, 0.3) is 5.57 Å². The average molecular weight is 611 g/mol. The van der Waals surface area contributed by atoms with E-state index in [1.807, 2.05) is 11.0 Å². The lowest BCUT2D eigenvalue weighted by molar-refractivity contribution is 0.101. The van der Waals surface area contributed by atoms with Crippen molar-refractivity contribution in [2.45, 2.75) is 18.2 Å². The Hall–Kier alpha value is -4.27. The molecule has 0 bridgehead atoms. The van der Waals surface area contributed by atoms with Gasteiger partial charge in [0.05, 0.1) is 39.4 Å². The number of hydrogen-bond acceptors (Lipinski definition) is 12. The lowest BCUT2D eigenvalue weighted by atomic mass is 10.1. The fraction of sp³-hybridized carbons (Fsp3) is 0.379. The maximum Gasteiger partial charge on any atom is 0.243 e. The second-order valence-electron chi connectivity index (χ2n) is 9.84. The summed E-state index contributed by atoms with van der Waals surface area (Å²) in [7, 11) is 0.870. The molecule has 0 radical (unpaired) electrons. The third-order valence-electron chi connectivity index (χ3n) is 7.20. The van der Waals surface area contributed by atoms with E-state index < -0.39 is 10.0 Å². The number of nitrogens with one attached hydrogen (secondary N) is 1. The number of morpholine rings is 1.